The lowest BCUT2D eigenvalue weighted by Crippen LogP contribution is -2.37. The fraction of sp³-hybridized carbons (Fsp3) is 0.364. The van der Waals surface area contributed by atoms with Gasteiger partial charge >= 0.3 is 5.97 Å². The van der Waals surface area contributed by atoms with E-state index in [9.17, 15) is 19.5 Å². The Bertz CT molecular complexity index is 1360. The van der Waals surface area contributed by atoms with Crippen molar-refractivity contribution in [3.05, 3.63) is 83.4 Å². The van der Waals surface area contributed by atoms with Gasteiger partial charge in [0.05, 0.1) is 26.7 Å². The van der Waals surface area contributed by atoms with E-state index in [-0.39, 0.29) is 30.6 Å². The van der Waals surface area contributed by atoms with Gasteiger partial charge in [-0.15, -0.1) is 11.8 Å². The van der Waals surface area contributed by atoms with Crippen molar-refractivity contribution in [2.45, 2.75) is 56.7 Å². The average molecular weight is 593 g/mol. The lowest BCUT2D eigenvalue weighted by Gasteiger charge is -2.24. The molecule has 0 radical (unpaired) electrons. The maximum atomic E-state index is 13.4. The van der Waals surface area contributed by atoms with Crippen LogP contribution in [0.25, 0.3) is 0 Å². The molecule has 0 aliphatic carbocycles. The summed E-state index contributed by atoms with van der Waals surface area (Å²) in [4.78, 5) is 39.3. The summed E-state index contributed by atoms with van der Waals surface area (Å²) in [6.07, 6.45) is 0.122. The van der Waals surface area contributed by atoms with E-state index in [0.717, 1.165) is 11.3 Å². The number of hydrogen-bond donors (Lipinski definition) is 3. The van der Waals surface area contributed by atoms with Crippen molar-refractivity contribution in [2.24, 2.45) is 11.8 Å². The van der Waals surface area contributed by atoms with Gasteiger partial charge in [0.1, 0.15) is 0 Å². The molecule has 3 aromatic carbocycles. The highest BCUT2D eigenvalue weighted by Gasteiger charge is 2.27. The molecule has 1 unspecified atom stereocenters. The van der Waals surface area contributed by atoms with Crippen molar-refractivity contribution >= 4 is 35.2 Å². The molecule has 3 N–H and O–H groups in total. The number of ether oxygens (including phenoxy) is 2. The van der Waals surface area contributed by atoms with Crippen molar-refractivity contribution in [1.29, 1.82) is 0 Å². The van der Waals surface area contributed by atoms with E-state index >= 15 is 0 Å². The molecule has 2 atom stereocenters. The van der Waals surface area contributed by atoms with Crippen LogP contribution in [0.1, 0.15) is 55.8 Å². The van der Waals surface area contributed by atoms with Crippen LogP contribution in [0, 0.1) is 18.8 Å². The van der Waals surface area contributed by atoms with Crippen molar-refractivity contribution in [1.82, 2.24) is 5.32 Å². The summed E-state index contributed by atoms with van der Waals surface area (Å²) in [5, 5.41) is 15.3. The van der Waals surface area contributed by atoms with Crippen LogP contribution in [0.15, 0.2) is 71.6 Å². The molecule has 0 heterocycles. The van der Waals surface area contributed by atoms with Gasteiger partial charge in [0.15, 0.2) is 11.5 Å². The quantitative estimate of drug-likeness (QED) is 0.170. The Hall–Kier alpha value is -3.98. The Morgan fingerprint density at radius 1 is 0.905 bits per heavy atom. The van der Waals surface area contributed by atoms with Gasteiger partial charge in [-0.3, -0.25) is 14.4 Å². The van der Waals surface area contributed by atoms with Gasteiger partial charge in [-0.05, 0) is 66.3 Å². The predicted octanol–water partition coefficient (Wildman–Crippen LogP) is 6.63. The Morgan fingerprint density at radius 3 is 2.21 bits per heavy atom. The van der Waals surface area contributed by atoms with Crippen molar-refractivity contribution in [3.63, 3.8) is 0 Å². The molecule has 0 spiro atoms. The summed E-state index contributed by atoms with van der Waals surface area (Å²) in [7, 11) is 3.00. The third-order valence-corrected chi connectivity index (χ3v) is 8.04. The zero-order chi connectivity index (χ0) is 30.6. The minimum atomic E-state index is -1.06. The first-order valence-electron chi connectivity index (χ1n) is 13.9. The van der Waals surface area contributed by atoms with E-state index in [1.807, 2.05) is 50.2 Å². The zero-order valence-electron chi connectivity index (χ0n) is 24.8. The molecule has 0 bridgehead atoms. The normalized spacial score (nSPS) is 12.3. The smallest absolute Gasteiger partial charge is 0.305 e. The van der Waals surface area contributed by atoms with Gasteiger partial charge in [0, 0.05) is 28.7 Å². The number of aryl methyl sites for hydroxylation is 1. The van der Waals surface area contributed by atoms with E-state index in [1.54, 1.807) is 30.0 Å². The first kappa shape index (κ1) is 32.5. The zero-order valence-corrected chi connectivity index (χ0v) is 25.6. The first-order valence-corrected chi connectivity index (χ1v) is 14.9. The Morgan fingerprint density at radius 2 is 1.60 bits per heavy atom. The van der Waals surface area contributed by atoms with Crippen molar-refractivity contribution < 1.29 is 29.0 Å². The highest BCUT2D eigenvalue weighted by atomic mass is 32.2. The number of benzene rings is 3. The summed E-state index contributed by atoms with van der Waals surface area (Å²) in [5.74, 6) is -0.459. The average Bonchev–Trinajstić information content (AvgIpc) is 2.96. The number of hydrogen-bond acceptors (Lipinski definition) is 6. The number of rotatable bonds is 15. The molecule has 0 aliphatic heterocycles. The number of aliphatic carboxylic acids is 1. The summed E-state index contributed by atoms with van der Waals surface area (Å²) in [5.41, 5.74) is 3.60. The molecular formula is C33H40N2O6S. The summed E-state index contributed by atoms with van der Waals surface area (Å²) >= 11 is 1.77. The number of anilines is 1. The van der Waals surface area contributed by atoms with Gasteiger partial charge < -0.3 is 25.2 Å². The van der Waals surface area contributed by atoms with Crippen LogP contribution in [-0.2, 0) is 20.1 Å². The van der Waals surface area contributed by atoms with Gasteiger partial charge in [-0.1, -0.05) is 50.2 Å². The van der Waals surface area contributed by atoms with Crippen LogP contribution >= 0.6 is 11.8 Å². The number of amides is 2. The molecule has 0 aromatic heterocycles. The maximum absolute atomic E-state index is 13.4. The van der Waals surface area contributed by atoms with E-state index < -0.39 is 17.9 Å². The third-order valence-electron chi connectivity index (χ3n) is 6.79. The van der Waals surface area contributed by atoms with E-state index in [2.05, 4.69) is 29.7 Å². The Kier molecular flexibility index (Phi) is 12.3. The molecule has 0 saturated carbocycles. The highest BCUT2D eigenvalue weighted by Crippen LogP contribution is 2.32. The predicted molar refractivity (Wildman–Crippen MR) is 166 cm³/mol. The molecule has 9 heteroatoms. The number of methoxy groups -OCH3 is 2. The topological polar surface area (TPSA) is 114 Å². The number of nitrogens with one attached hydrogen (secondary N) is 2. The minimum absolute atomic E-state index is 0.0272. The fourth-order valence-corrected chi connectivity index (χ4v) is 5.62. The standard InChI is InChI=1S/C33H40N2O6S/c1-21(2)16-25(33(39)35-27(19-32(37)38)24-12-15-28(40-4)29(17-24)41-5)18-31(36)34-26-13-10-23(11-14-26)20-42-30-9-7-6-8-22(30)3/h6-15,17,21,25,27H,16,18-20H2,1-5H3,(H,34,36)(H,35,39)(H,37,38)/t25?,27-/m0/s1. The van der Waals surface area contributed by atoms with E-state index in [4.69, 9.17) is 9.47 Å². The highest BCUT2D eigenvalue weighted by molar-refractivity contribution is 7.98. The largest absolute Gasteiger partial charge is 0.493 e. The minimum Gasteiger partial charge on any atom is -0.493 e. The molecule has 8 nitrogen and oxygen atoms in total. The second-order valence-electron chi connectivity index (χ2n) is 10.6. The van der Waals surface area contributed by atoms with Crippen LogP contribution in [0.2, 0.25) is 0 Å². The molecule has 3 aromatic rings. The van der Waals surface area contributed by atoms with Crippen LogP contribution in [0.4, 0.5) is 5.69 Å². The Labute approximate surface area is 252 Å². The van der Waals surface area contributed by atoms with E-state index in [1.165, 1.54) is 24.7 Å². The summed E-state index contributed by atoms with van der Waals surface area (Å²) in [6, 6.07) is 20.2. The number of carbonyl (C=O) groups excluding carboxylic acids is 2. The summed E-state index contributed by atoms with van der Waals surface area (Å²) < 4.78 is 10.6. The molecule has 2 amide bonds. The number of carboxylic acid groups (broad SMARTS) is 1. The van der Waals surface area contributed by atoms with Crippen LogP contribution in [0.3, 0.4) is 0 Å². The monoisotopic (exact) mass is 592 g/mol. The van der Waals surface area contributed by atoms with Crippen molar-refractivity contribution in [2.75, 3.05) is 19.5 Å². The molecule has 0 aliphatic rings. The van der Waals surface area contributed by atoms with Gasteiger partial charge in [-0.25, -0.2) is 0 Å². The molecule has 42 heavy (non-hydrogen) atoms. The lowest BCUT2D eigenvalue weighted by atomic mass is 9.92. The van der Waals surface area contributed by atoms with Crippen LogP contribution in [-0.4, -0.2) is 37.1 Å². The van der Waals surface area contributed by atoms with Crippen molar-refractivity contribution in [3.8, 4) is 11.5 Å². The fourth-order valence-electron chi connectivity index (χ4n) is 4.64. The molecule has 0 saturated heterocycles. The molecular weight excluding hydrogens is 552 g/mol. The lowest BCUT2D eigenvalue weighted by molar-refractivity contribution is -0.138. The maximum Gasteiger partial charge on any atom is 0.305 e. The van der Waals surface area contributed by atoms with Gasteiger partial charge in [0.2, 0.25) is 11.8 Å². The second-order valence-corrected chi connectivity index (χ2v) is 11.6. The second kappa shape index (κ2) is 15.9. The third kappa shape index (κ3) is 9.83. The SMILES string of the molecule is COc1ccc([C@H](CC(=O)O)NC(=O)C(CC(=O)Nc2ccc(CSc3ccccc3C)cc2)CC(C)C)cc1OC. The van der Waals surface area contributed by atoms with Gasteiger partial charge in [0.25, 0.3) is 0 Å². The Balaban J connectivity index is 1.65. The number of carboxylic acids is 1. The van der Waals surface area contributed by atoms with Crippen LogP contribution in [0.5, 0.6) is 11.5 Å². The molecule has 3 rings (SSSR count). The first-order chi connectivity index (χ1) is 20.1. The molecule has 224 valence electrons. The van der Waals surface area contributed by atoms with Crippen LogP contribution < -0.4 is 20.1 Å². The number of thioether (sulfide) groups is 1. The van der Waals surface area contributed by atoms with E-state index in [0.29, 0.717) is 29.2 Å². The molecule has 0 fully saturated rings. The van der Waals surface area contributed by atoms with Gasteiger partial charge in [-0.2, -0.15) is 0 Å². The number of carbonyl (C=O) groups is 3. The summed E-state index contributed by atoms with van der Waals surface area (Å²) in [6.45, 7) is 6.06.